The fourth-order valence-electron chi connectivity index (χ4n) is 2.52. The van der Waals surface area contributed by atoms with Crippen molar-refractivity contribution in [2.24, 2.45) is 0 Å². The number of rotatable bonds is 5. The van der Waals surface area contributed by atoms with Crippen LogP contribution in [0.5, 0.6) is 0 Å². The van der Waals surface area contributed by atoms with Gasteiger partial charge in [-0.05, 0) is 25.7 Å². The van der Waals surface area contributed by atoms with Gasteiger partial charge in [0.25, 0.3) is 0 Å². The first kappa shape index (κ1) is 12.4. The summed E-state index contributed by atoms with van der Waals surface area (Å²) in [4.78, 5) is 7.19. The molecule has 0 amide bonds. The number of anilines is 1. The quantitative estimate of drug-likeness (QED) is 0.888. The molecule has 1 unspecified atom stereocenters. The van der Waals surface area contributed by atoms with Gasteiger partial charge in [-0.15, -0.1) is 0 Å². The van der Waals surface area contributed by atoms with Gasteiger partial charge in [0, 0.05) is 42.6 Å². The van der Waals surface area contributed by atoms with Gasteiger partial charge in [-0.3, -0.25) is 0 Å². The molecule has 3 rings (SSSR count). The molecule has 1 aliphatic heterocycles. The average molecular weight is 266 g/mol. The maximum absolute atomic E-state index is 4.74. The molecule has 2 heterocycles. The minimum atomic E-state index is 0.559. The van der Waals surface area contributed by atoms with E-state index in [4.69, 9.17) is 4.98 Å². The maximum atomic E-state index is 4.74. The summed E-state index contributed by atoms with van der Waals surface area (Å²) in [7, 11) is 0. The van der Waals surface area contributed by atoms with Crippen molar-refractivity contribution in [3.8, 4) is 0 Å². The molecule has 100 valence electrons. The van der Waals surface area contributed by atoms with Gasteiger partial charge in [0.05, 0.1) is 0 Å². The number of nitrogens with one attached hydrogen (secondary N) is 1. The van der Waals surface area contributed by atoms with E-state index in [0.29, 0.717) is 18.0 Å². The van der Waals surface area contributed by atoms with Crippen LogP contribution in [0.4, 0.5) is 5.13 Å². The summed E-state index contributed by atoms with van der Waals surface area (Å²) in [5.74, 6) is 1.77. The van der Waals surface area contributed by atoms with E-state index in [0.717, 1.165) is 24.0 Å². The highest BCUT2D eigenvalue weighted by Gasteiger charge is 2.31. The molecular formula is C13H22N4S. The van der Waals surface area contributed by atoms with E-state index >= 15 is 0 Å². The van der Waals surface area contributed by atoms with Gasteiger partial charge in [0.15, 0.2) is 0 Å². The molecule has 2 fully saturated rings. The lowest BCUT2D eigenvalue weighted by atomic mass is 10.2. The summed E-state index contributed by atoms with van der Waals surface area (Å²) in [6.45, 7) is 6.62. The summed E-state index contributed by atoms with van der Waals surface area (Å²) in [6, 6.07) is 1.16. The van der Waals surface area contributed by atoms with Gasteiger partial charge in [0.2, 0.25) is 5.13 Å². The number of hydrogen-bond donors (Lipinski definition) is 1. The number of hydrogen-bond acceptors (Lipinski definition) is 5. The van der Waals surface area contributed by atoms with Crippen molar-refractivity contribution < 1.29 is 0 Å². The van der Waals surface area contributed by atoms with Crippen LogP contribution in [0.3, 0.4) is 0 Å². The first-order valence-corrected chi connectivity index (χ1v) is 7.85. The zero-order chi connectivity index (χ0) is 12.5. The molecule has 1 aromatic heterocycles. The standard InChI is InChI=1S/C13H22N4S/c1-9(2)14-8-11-4-3-7-17(11)13-15-12(16-18-13)10-5-6-10/h9-11,14H,3-8H2,1-2H3. The number of nitrogens with zero attached hydrogens (tertiary/aromatic N) is 3. The third-order valence-corrected chi connectivity index (χ3v) is 4.53. The molecule has 18 heavy (non-hydrogen) atoms. The Hall–Kier alpha value is -0.680. The topological polar surface area (TPSA) is 41.0 Å². The summed E-state index contributed by atoms with van der Waals surface area (Å²) in [5, 5.41) is 4.69. The molecule has 0 aromatic carbocycles. The van der Waals surface area contributed by atoms with Crippen molar-refractivity contribution in [3.63, 3.8) is 0 Å². The van der Waals surface area contributed by atoms with Gasteiger partial charge in [-0.1, -0.05) is 13.8 Å². The van der Waals surface area contributed by atoms with E-state index in [1.165, 1.54) is 25.7 Å². The van der Waals surface area contributed by atoms with Crippen LogP contribution in [0.2, 0.25) is 0 Å². The Bertz CT molecular complexity index is 399. The fourth-order valence-corrected chi connectivity index (χ4v) is 3.37. The fraction of sp³-hybridized carbons (Fsp3) is 0.846. The lowest BCUT2D eigenvalue weighted by molar-refractivity contribution is 0.523. The summed E-state index contributed by atoms with van der Waals surface area (Å²) < 4.78 is 4.52. The van der Waals surface area contributed by atoms with Crippen molar-refractivity contribution in [1.82, 2.24) is 14.7 Å². The summed E-state index contributed by atoms with van der Waals surface area (Å²) in [5.41, 5.74) is 0. The first-order valence-electron chi connectivity index (χ1n) is 7.07. The average Bonchev–Trinajstić information content (AvgIpc) is 2.92. The SMILES string of the molecule is CC(C)NCC1CCCN1c1nc(C2CC2)ns1. The van der Waals surface area contributed by atoms with Crippen molar-refractivity contribution >= 4 is 16.7 Å². The van der Waals surface area contributed by atoms with Gasteiger partial charge < -0.3 is 10.2 Å². The molecule has 1 atom stereocenters. The highest BCUT2D eigenvalue weighted by atomic mass is 32.1. The van der Waals surface area contributed by atoms with Crippen LogP contribution < -0.4 is 10.2 Å². The Labute approximate surface area is 113 Å². The third kappa shape index (κ3) is 2.67. The highest BCUT2D eigenvalue weighted by Crippen LogP contribution is 2.40. The second kappa shape index (κ2) is 5.13. The highest BCUT2D eigenvalue weighted by molar-refractivity contribution is 7.09. The molecule has 1 aliphatic carbocycles. The Morgan fingerprint density at radius 2 is 2.22 bits per heavy atom. The van der Waals surface area contributed by atoms with Crippen molar-refractivity contribution in [2.45, 2.75) is 57.5 Å². The van der Waals surface area contributed by atoms with Crippen molar-refractivity contribution in [1.29, 1.82) is 0 Å². The van der Waals surface area contributed by atoms with Crippen molar-refractivity contribution in [2.75, 3.05) is 18.0 Å². The maximum Gasteiger partial charge on any atom is 0.205 e. The molecule has 1 saturated carbocycles. The van der Waals surface area contributed by atoms with Crippen molar-refractivity contribution in [3.05, 3.63) is 5.82 Å². The predicted octanol–water partition coefficient (Wildman–Crippen LogP) is 2.38. The Morgan fingerprint density at radius 1 is 1.39 bits per heavy atom. The Morgan fingerprint density at radius 3 is 2.94 bits per heavy atom. The second-order valence-corrected chi connectivity index (χ2v) is 6.49. The van der Waals surface area contributed by atoms with Crippen LogP contribution in [-0.2, 0) is 0 Å². The monoisotopic (exact) mass is 266 g/mol. The largest absolute Gasteiger partial charge is 0.343 e. The summed E-state index contributed by atoms with van der Waals surface area (Å²) in [6.07, 6.45) is 5.13. The molecule has 2 aliphatic rings. The lowest BCUT2D eigenvalue weighted by Gasteiger charge is -2.24. The van der Waals surface area contributed by atoms with E-state index in [2.05, 4.69) is 28.4 Å². The number of aromatic nitrogens is 2. The smallest absolute Gasteiger partial charge is 0.205 e. The molecule has 5 heteroatoms. The predicted molar refractivity (Wildman–Crippen MR) is 75.4 cm³/mol. The summed E-state index contributed by atoms with van der Waals surface area (Å²) >= 11 is 1.59. The van der Waals surface area contributed by atoms with Crippen LogP contribution >= 0.6 is 11.5 Å². The van der Waals surface area contributed by atoms with E-state index in [1.54, 1.807) is 11.5 Å². The van der Waals surface area contributed by atoms with Crippen LogP contribution in [0.25, 0.3) is 0 Å². The molecule has 1 aromatic rings. The van der Waals surface area contributed by atoms with E-state index in [-0.39, 0.29) is 0 Å². The first-order chi connectivity index (χ1) is 8.74. The third-order valence-electron chi connectivity index (χ3n) is 3.76. The molecule has 0 radical (unpaired) electrons. The molecule has 0 spiro atoms. The van der Waals surface area contributed by atoms with E-state index in [9.17, 15) is 0 Å². The Balaban J connectivity index is 1.65. The van der Waals surface area contributed by atoms with Crippen LogP contribution in [0.15, 0.2) is 0 Å². The van der Waals surface area contributed by atoms with Gasteiger partial charge in [0.1, 0.15) is 5.82 Å². The normalized spacial score (nSPS) is 24.2. The second-order valence-electron chi connectivity index (χ2n) is 5.76. The zero-order valence-electron chi connectivity index (χ0n) is 11.2. The minimum absolute atomic E-state index is 0.559. The van der Waals surface area contributed by atoms with E-state index in [1.807, 2.05) is 0 Å². The van der Waals surface area contributed by atoms with Gasteiger partial charge in [-0.2, -0.15) is 4.37 Å². The molecular weight excluding hydrogens is 244 g/mol. The molecule has 0 bridgehead atoms. The van der Waals surface area contributed by atoms with Gasteiger partial charge in [-0.25, -0.2) is 4.98 Å². The molecule has 4 nitrogen and oxygen atoms in total. The molecule has 1 saturated heterocycles. The van der Waals surface area contributed by atoms with Crippen LogP contribution in [-0.4, -0.2) is 34.5 Å². The van der Waals surface area contributed by atoms with Crippen LogP contribution in [0.1, 0.15) is 51.3 Å². The van der Waals surface area contributed by atoms with Crippen LogP contribution in [0, 0.1) is 0 Å². The molecule has 1 N–H and O–H groups in total. The Kier molecular flexibility index (Phi) is 3.52. The van der Waals surface area contributed by atoms with Gasteiger partial charge >= 0.3 is 0 Å². The minimum Gasteiger partial charge on any atom is -0.343 e. The lowest BCUT2D eigenvalue weighted by Crippen LogP contribution is -2.40. The van der Waals surface area contributed by atoms with E-state index < -0.39 is 0 Å². The zero-order valence-corrected chi connectivity index (χ0v) is 12.0.